The third-order valence-electron chi connectivity index (χ3n) is 3.34. The number of hydrogen-bond acceptors (Lipinski definition) is 3. The molecule has 0 aromatic carbocycles. The summed E-state index contributed by atoms with van der Waals surface area (Å²) < 4.78 is 25.7. The van der Waals surface area contributed by atoms with E-state index in [0.717, 1.165) is 32.4 Å². The molecule has 1 atom stereocenters. The van der Waals surface area contributed by atoms with E-state index in [0.29, 0.717) is 12.3 Å². The molecule has 0 aromatic heterocycles. The highest BCUT2D eigenvalue weighted by atomic mass is 35.5. The maximum Gasteiger partial charge on any atom is 0.214 e. The van der Waals surface area contributed by atoms with Crippen LogP contribution in [0, 0.1) is 0 Å². The van der Waals surface area contributed by atoms with E-state index in [4.69, 9.17) is 11.6 Å². The van der Waals surface area contributed by atoms with Crippen molar-refractivity contribution in [1.29, 1.82) is 0 Å². The fraction of sp³-hybridized carbons (Fsp3) is 1.00. The number of hydrogen-bond donors (Lipinski definition) is 0. The van der Waals surface area contributed by atoms with Crippen LogP contribution in [0.15, 0.2) is 0 Å². The lowest BCUT2D eigenvalue weighted by Crippen LogP contribution is -2.47. The van der Waals surface area contributed by atoms with Gasteiger partial charge in [0, 0.05) is 25.5 Å². The van der Waals surface area contributed by atoms with E-state index in [-0.39, 0.29) is 11.8 Å². The van der Waals surface area contributed by atoms with Crippen molar-refractivity contribution in [2.24, 2.45) is 0 Å². The third-order valence-corrected chi connectivity index (χ3v) is 5.59. The minimum absolute atomic E-state index is 0.134. The monoisotopic (exact) mass is 282 g/mol. The Hall–Kier alpha value is 0.160. The number of unbranched alkanes of at least 4 members (excludes halogenated alkanes) is 1. The van der Waals surface area contributed by atoms with Gasteiger partial charge in [0.2, 0.25) is 10.0 Å². The normalized spacial score (nSPS) is 23.2. The average molecular weight is 283 g/mol. The van der Waals surface area contributed by atoms with Crippen LogP contribution in [-0.4, -0.2) is 62.5 Å². The van der Waals surface area contributed by atoms with E-state index in [1.54, 1.807) is 11.4 Å². The van der Waals surface area contributed by atoms with Gasteiger partial charge in [-0.25, -0.2) is 12.7 Å². The van der Waals surface area contributed by atoms with Crippen molar-refractivity contribution in [2.75, 3.05) is 38.8 Å². The molecule has 1 aliphatic heterocycles. The van der Waals surface area contributed by atoms with Gasteiger partial charge in [-0.15, -0.1) is 11.6 Å². The summed E-state index contributed by atoms with van der Waals surface area (Å²) >= 11 is 5.56. The maximum absolute atomic E-state index is 12.1. The topological polar surface area (TPSA) is 40.6 Å². The molecule has 102 valence electrons. The summed E-state index contributed by atoms with van der Waals surface area (Å²) in [6.07, 6.45) is 3.45. The molecule has 0 saturated carbocycles. The van der Waals surface area contributed by atoms with Crippen LogP contribution >= 0.6 is 11.6 Å². The summed E-state index contributed by atoms with van der Waals surface area (Å²) in [6, 6.07) is 0.134. The van der Waals surface area contributed by atoms with E-state index < -0.39 is 10.0 Å². The van der Waals surface area contributed by atoms with Crippen LogP contribution in [0.25, 0.3) is 0 Å². The van der Waals surface area contributed by atoms with Crippen LogP contribution in [-0.2, 0) is 10.0 Å². The molecule has 1 saturated heterocycles. The first-order valence-corrected chi connectivity index (χ1v) is 8.32. The van der Waals surface area contributed by atoms with Gasteiger partial charge < -0.3 is 4.90 Å². The fourth-order valence-electron chi connectivity index (χ4n) is 2.19. The summed E-state index contributed by atoms with van der Waals surface area (Å²) in [6.45, 7) is 1.90. The molecular formula is C11H23ClN2O2S. The molecule has 0 bridgehead atoms. The molecule has 1 unspecified atom stereocenters. The summed E-state index contributed by atoms with van der Waals surface area (Å²) in [7, 11) is 0.642. The Labute approximate surface area is 110 Å². The lowest BCUT2D eigenvalue weighted by atomic mass is 10.1. The molecule has 0 N–H and O–H groups in total. The zero-order chi connectivity index (χ0) is 12.9. The number of piperidine rings is 1. The van der Waals surface area contributed by atoms with E-state index in [1.807, 2.05) is 7.05 Å². The lowest BCUT2D eigenvalue weighted by Gasteiger charge is -2.35. The summed E-state index contributed by atoms with van der Waals surface area (Å²) in [4.78, 5) is 2.19. The van der Waals surface area contributed by atoms with E-state index in [1.165, 1.54) is 0 Å². The summed E-state index contributed by atoms with van der Waals surface area (Å²) in [5.41, 5.74) is 0. The molecule has 0 spiro atoms. The molecule has 1 heterocycles. The van der Waals surface area contributed by atoms with E-state index in [2.05, 4.69) is 4.90 Å². The second kappa shape index (κ2) is 6.92. The molecular weight excluding hydrogens is 260 g/mol. The molecule has 0 radical (unpaired) electrons. The highest BCUT2D eigenvalue weighted by Gasteiger charge is 2.28. The number of sulfonamides is 1. The van der Waals surface area contributed by atoms with Crippen molar-refractivity contribution >= 4 is 21.6 Å². The standard InChI is InChI=1S/C11H23ClN2O2S/c1-13-8-5-6-11(10-13)14(2)17(15,16)9-4-3-7-12/h11H,3-10H2,1-2H3. The molecule has 1 aliphatic rings. The van der Waals surface area contributed by atoms with Crippen molar-refractivity contribution in [3.63, 3.8) is 0 Å². The van der Waals surface area contributed by atoms with Gasteiger partial charge in [-0.05, 0) is 39.3 Å². The molecule has 0 amide bonds. The zero-order valence-electron chi connectivity index (χ0n) is 10.7. The first-order valence-electron chi connectivity index (χ1n) is 6.17. The zero-order valence-corrected chi connectivity index (χ0v) is 12.3. The van der Waals surface area contributed by atoms with Crippen LogP contribution in [0.3, 0.4) is 0 Å². The largest absolute Gasteiger partial charge is 0.305 e. The molecule has 4 nitrogen and oxygen atoms in total. The Morgan fingerprint density at radius 2 is 2.12 bits per heavy atom. The van der Waals surface area contributed by atoms with E-state index in [9.17, 15) is 8.42 Å². The van der Waals surface area contributed by atoms with Crippen molar-refractivity contribution in [3.05, 3.63) is 0 Å². The second-order valence-corrected chi connectivity index (χ2v) is 7.31. The van der Waals surface area contributed by atoms with Crippen LogP contribution in [0.1, 0.15) is 25.7 Å². The van der Waals surface area contributed by atoms with Gasteiger partial charge >= 0.3 is 0 Å². The Bertz CT molecular complexity index is 321. The quantitative estimate of drug-likeness (QED) is 0.546. The van der Waals surface area contributed by atoms with Gasteiger partial charge in [-0.2, -0.15) is 0 Å². The predicted molar refractivity (Wildman–Crippen MR) is 72.0 cm³/mol. The maximum atomic E-state index is 12.1. The highest BCUT2D eigenvalue weighted by Crippen LogP contribution is 2.17. The van der Waals surface area contributed by atoms with Crippen LogP contribution in [0.4, 0.5) is 0 Å². The number of likely N-dealkylation sites (tertiary alicyclic amines) is 1. The Morgan fingerprint density at radius 1 is 1.41 bits per heavy atom. The van der Waals surface area contributed by atoms with Crippen molar-refractivity contribution in [3.8, 4) is 0 Å². The first kappa shape index (κ1) is 15.2. The van der Waals surface area contributed by atoms with Gasteiger partial charge in [-0.1, -0.05) is 0 Å². The molecule has 1 rings (SSSR count). The minimum Gasteiger partial charge on any atom is -0.305 e. The summed E-state index contributed by atoms with van der Waals surface area (Å²) in [5.74, 6) is 0.752. The van der Waals surface area contributed by atoms with Crippen LogP contribution < -0.4 is 0 Å². The molecule has 1 fully saturated rings. The van der Waals surface area contributed by atoms with Gasteiger partial charge in [0.15, 0.2) is 0 Å². The smallest absolute Gasteiger partial charge is 0.214 e. The average Bonchev–Trinajstić information content (AvgIpc) is 2.28. The van der Waals surface area contributed by atoms with Gasteiger partial charge in [0.05, 0.1) is 5.75 Å². The van der Waals surface area contributed by atoms with E-state index >= 15 is 0 Å². The highest BCUT2D eigenvalue weighted by molar-refractivity contribution is 7.89. The molecule has 0 aliphatic carbocycles. The lowest BCUT2D eigenvalue weighted by molar-refractivity contribution is 0.187. The Kier molecular flexibility index (Phi) is 6.20. The molecule has 0 aromatic rings. The van der Waals surface area contributed by atoms with Gasteiger partial charge in [0.25, 0.3) is 0 Å². The number of halogens is 1. The van der Waals surface area contributed by atoms with Gasteiger partial charge in [0.1, 0.15) is 0 Å². The SMILES string of the molecule is CN1CCCC(N(C)S(=O)(=O)CCCCCl)C1. The fourth-order valence-corrected chi connectivity index (χ4v) is 3.86. The minimum atomic E-state index is -3.11. The molecule has 6 heteroatoms. The summed E-state index contributed by atoms with van der Waals surface area (Å²) in [5, 5.41) is 0. The van der Waals surface area contributed by atoms with Crippen molar-refractivity contribution in [2.45, 2.75) is 31.7 Å². The number of likely N-dealkylation sites (N-methyl/N-ethyl adjacent to an activating group) is 2. The Balaban J connectivity index is 2.51. The number of alkyl halides is 1. The third kappa shape index (κ3) is 4.73. The van der Waals surface area contributed by atoms with Crippen molar-refractivity contribution in [1.82, 2.24) is 9.21 Å². The van der Waals surface area contributed by atoms with Crippen molar-refractivity contribution < 1.29 is 8.42 Å². The van der Waals surface area contributed by atoms with Crippen LogP contribution in [0.5, 0.6) is 0 Å². The second-order valence-electron chi connectivity index (χ2n) is 4.79. The van der Waals surface area contributed by atoms with Gasteiger partial charge in [-0.3, -0.25) is 0 Å². The Morgan fingerprint density at radius 3 is 2.71 bits per heavy atom. The predicted octanol–water partition coefficient (Wildman–Crippen LogP) is 1.36. The molecule has 17 heavy (non-hydrogen) atoms. The number of nitrogens with zero attached hydrogens (tertiary/aromatic N) is 2. The number of rotatable bonds is 6. The first-order chi connectivity index (χ1) is 7.97. The van der Waals surface area contributed by atoms with Crippen LogP contribution in [0.2, 0.25) is 0 Å².